The molecule has 1 saturated heterocycles. The summed E-state index contributed by atoms with van der Waals surface area (Å²) < 4.78 is 5.49. The van der Waals surface area contributed by atoms with Crippen LogP contribution in [0.2, 0.25) is 5.02 Å². The molecule has 2 N–H and O–H groups in total. The lowest BCUT2D eigenvalue weighted by molar-refractivity contribution is 0.00352. The molecule has 1 unspecified atom stereocenters. The number of nitrogens with zero attached hydrogens (tertiary/aromatic N) is 1. The van der Waals surface area contributed by atoms with E-state index in [4.69, 9.17) is 16.3 Å². The molecule has 1 aliphatic heterocycles. The highest BCUT2D eigenvalue weighted by Crippen LogP contribution is 2.26. The Hall–Kier alpha value is -0.810. The van der Waals surface area contributed by atoms with Crippen molar-refractivity contribution in [2.24, 2.45) is 0 Å². The molecule has 1 atom stereocenters. The zero-order valence-corrected chi connectivity index (χ0v) is 12.0. The Morgan fingerprint density at radius 3 is 3.11 bits per heavy atom. The summed E-state index contributed by atoms with van der Waals surface area (Å²) in [5.74, 6) is 0. The summed E-state index contributed by atoms with van der Waals surface area (Å²) in [6.45, 7) is 6.08. The molecule has 1 heterocycles. The van der Waals surface area contributed by atoms with Crippen LogP contribution in [0.15, 0.2) is 18.2 Å². The van der Waals surface area contributed by atoms with Gasteiger partial charge in [0.05, 0.1) is 19.3 Å². The number of anilines is 1. The van der Waals surface area contributed by atoms with Crippen molar-refractivity contribution in [3.63, 3.8) is 0 Å². The van der Waals surface area contributed by atoms with Crippen molar-refractivity contribution < 1.29 is 9.84 Å². The van der Waals surface area contributed by atoms with E-state index in [9.17, 15) is 5.11 Å². The first kappa shape index (κ1) is 14.6. The van der Waals surface area contributed by atoms with Gasteiger partial charge < -0.3 is 20.1 Å². The van der Waals surface area contributed by atoms with Gasteiger partial charge in [0.25, 0.3) is 0 Å². The van der Waals surface area contributed by atoms with Crippen LogP contribution in [-0.2, 0) is 11.3 Å². The molecule has 0 spiro atoms. The second-order valence-electron chi connectivity index (χ2n) is 4.67. The molecule has 5 heteroatoms. The first-order valence-corrected chi connectivity index (χ1v) is 7.09. The molecule has 19 heavy (non-hydrogen) atoms. The third-order valence-electron chi connectivity index (χ3n) is 3.29. The fourth-order valence-electron chi connectivity index (χ4n) is 2.31. The average Bonchev–Trinajstić information content (AvgIpc) is 2.45. The molecule has 106 valence electrons. The zero-order valence-electron chi connectivity index (χ0n) is 11.2. The number of aliphatic hydroxyl groups excluding tert-OH is 1. The number of benzene rings is 1. The summed E-state index contributed by atoms with van der Waals surface area (Å²) in [5.41, 5.74) is 2.36. The summed E-state index contributed by atoms with van der Waals surface area (Å²) in [6, 6.07) is 5.97. The van der Waals surface area contributed by atoms with Gasteiger partial charge in [-0.15, -0.1) is 0 Å². The molecule has 1 aliphatic rings. The molecule has 0 aromatic heterocycles. The van der Waals surface area contributed by atoms with Gasteiger partial charge in [-0.05, 0) is 30.3 Å². The molecular weight excluding hydrogens is 264 g/mol. The number of halogens is 1. The number of hydrogen-bond acceptors (Lipinski definition) is 4. The Kier molecular flexibility index (Phi) is 5.45. The highest BCUT2D eigenvalue weighted by Gasteiger charge is 2.21. The van der Waals surface area contributed by atoms with Gasteiger partial charge in [0, 0.05) is 30.3 Å². The summed E-state index contributed by atoms with van der Waals surface area (Å²) in [6.07, 6.45) is -0.101. The average molecular weight is 285 g/mol. The van der Waals surface area contributed by atoms with Crippen molar-refractivity contribution in [2.45, 2.75) is 19.6 Å². The Morgan fingerprint density at radius 2 is 2.37 bits per heavy atom. The maximum Gasteiger partial charge on any atom is 0.0980 e. The lowest BCUT2D eigenvalue weighted by atomic mass is 10.1. The normalized spacial score (nSPS) is 19.7. The van der Waals surface area contributed by atoms with Gasteiger partial charge in [-0.3, -0.25) is 0 Å². The maximum atomic E-state index is 9.23. The second-order valence-corrected chi connectivity index (χ2v) is 5.11. The van der Waals surface area contributed by atoms with Crippen LogP contribution in [0.5, 0.6) is 0 Å². The van der Waals surface area contributed by atoms with Gasteiger partial charge in [0.2, 0.25) is 0 Å². The Balaban J connectivity index is 2.17. The summed E-state index contributed by atoms with van der Waals surface area (Å²) in [4.78, 5) is 2.26. The van der Waals surface area contributed by atoms with E-state index in [1.54, 1.807) is 0 Å². The summed E-state index contributed by atoms with van der Waals surface area (Å²) in [5, 5.41) is 13.3. The van der Waals surface area contributed by atoms with Crippen LogP contribution in [0, 0.1) is 0 Å². The molecule has 0 amide bonds. The van der Waals surface area contributed by atoms with E-state index in [0.29, 0.717) is 6.61 Å². The minimum absolute atomic E-state index is 0.0621. The van der Waals surface area contributed by atoms with E-state index in [1.165, 1.54) is 11.3 Å². The fourth-order valence-corrected chi connectivity index (χ4v) is 2.51. The number of hydrogen-bond donors (Lipinski definition) is 2. The SMILES string of the molecule is CCNCc1cc(Cl)ccc1N1CCOC(CO)C1. The van der Waals surface area contributed by atoms with Gasteiger partial charge in [0.1, 0.15) is 0 Å². The smallest absolute Gasteiger partial charge is 0.0980 e. The van der Waals surface area contributed by atoms with Crippen LogP contribution in [0.25, 0.3) is 0 Å². The molecule has 1 aromatic carbocycles. The van der Waals surface area contributed by atoms with E-state index in [0.717, 1.165) is 31.2 Å². The topological polar surface area (TPSA) is 44.7 Å². The number of morpholine rings is 1. The molecule has 1 fully saturated rings. The maximum absolute atomic E-state index is 9.23. The van der Waals surface area contributed by atoms with Gasteiger partial charge in [-0.2, -0.15) is 0 Å². The Bertz CT molecular complexity index is 414. The van der Waals surface area contributed by atoms with Crippen LogP contribution in [0.4, 0.5) is 5.69 Å². The molecule has 0 aliphatic carbocycles. The highest BCUT2D eigenvalue weighted by molar-refractivity contribution is 6.30. The number of aliphatic hydroxyl groups is 1. The molecule has 0 saturated carbocycles. The Morgan fingerprint density at radius 1 is 1.53 bits per heavy atom. The van der Waals surface area contributed by atoms with E-state index >= 15 is 0 Å². The van der Waals surface area contributed by atoms with Gasteiger partial charge in [-0.25, -0.2) is 0 Å². The number of nitrogens with one attached hydrogen (secondary N) is 1. The molecule has 0 radical (unpaired) electrons. The van der Waals surface area contributed by atoms with E-state index in [-0.39, 0.29) is 12.7 Å². The predicted molar refractivity (Wildman–Crippen MR) is 77.9 cm³/mol. The standard InChI is InChI=1S/C14H21ClN2O2/c1-2-16-8-11-7-12(15)3-4-14(11)17-5-6-19-13(9-17)10-18/h3-4,7,13,16,18H,2,5-6,8-10H2,1H3. The Labute approximate surface area is 119 Å². The number of ether oxygens (including phenoxy) is 1. The van der Waals surface area contributed by atoms with Crippen LogP contribution in [0.1, 0.15) is 12.5 Å². The van der Waals surface area contributed by atoms with E-state index < -0.39 is 0 Å². The van der Waals surface area contributed by atoms with Gasteiger partial charge in [-0.1, -0.05) is 18.5 Å². The summed E-state index contributed by atoms with van der Waals surface area (Å²) in [7, 11) is 0. The molecule has 2 rings (SSSR count). The van der Waals surface area contributed by atoms with E-state index in [1.807, 2.05) is 12.1 Å². The van der Waals surface area contributed by atoms with Crippen LogP contribution in [0.3, 0.4) is 0 Å². The summed E-state index contributed by atoms with van der Waals surface area (Å²) >= 11 is 6.08. The molecule has 4 nitrogen and oxygen atoms in total. The van der Waals surface area contributed by atoms with Crippen molar-refractivity contribution in [2.75, 3.05) is 37.7 Å². The fraction of sp³-hybridized carbons (Fsp3) is 0.571. The lowest BCUT2D eigenvalue weighted by Crippen LogP contribution is -2.44. The van der Waals surface area contributed by atoms with Crippen molar-refractivity contribution in [3.8, 4) is 0 Å². The largest absolute Gasteiger partial charge is 0.394 e. The molecule has 1 aromatic rings. The van der Waals surface area contributed by atoms with Crippen molar-refractivity contribution >= 4 is 17.3 Å². The highest BCUT2D eigenvalue weighted by atomic mass is 35.5. The third-order valence-corrected chi connectivity index (χ3v) is 3.53. The first-order chi connectivity index (χ1) is 9.24. The monoisotopic (exact) mass is 284 g/mol. The van der Waals surface area contributed by atoms with Gasteiger partial charge >= 0.3 is 0 Å². The van der Waals surface area contributed by atoms with Gasteiger partial charge in [0.15, 0.2) is 0 Å². The third kappa shape index (κ3) is 3.83. The minimum Gasteiger partial charge on any atom is -0.394 e. The quantitative estimate of drug-likeness (QED) is 0.863. The molecular formula is C14H21ClN2O2. The lowest BCUT2D eigenvalue weighted by Gasteiger charge is -2.35. The van der Waals surface area contributed by atoms with Crippen molar-refractivity contribution in [3.05, 3.63) is 28.8 Å². The molecule has 0 bridgehead atoms. The first-order valence-electron chi connectivity index (χ1n) is 6.71. The zero-order chi connectivity index (χ0) is 13.7. The number of rotatable bonds is 5. The minimum atomic E-state index is -0.101. The predicted octanol–water partition coefficient (Wildman–Crippen LogP) is 1.65. The van der Waals surface area contributed by atoms with E-state index in [2.05, 4.69) is 23.2 Å². The van der Waals surface area contributed by atoms with Crippen molar-refractivity contribution in [1.82, 2.24) is 5.32 Å². The van der Waals surface area contributed by atoms with Crippen LogP contribution >= 0.6 is 11.6 Å². The second kappa shape index (κ2) is 7.10. The van der Waals surface area contributed by atoms with Crippen molar-refractivity contribution in [1.29, 1.82) is 0 Å². The van der Waals surface area contributed by atoms with Crippen LogP contribution in [-0.4, -0.2) is 44.1 Å². The van der Waals surface area contributed by atoms with Crippen LogP contribution < -0.4 is 10.2 Å².